The molecule has 180 valence electrons. The molecule has 0 aliphatic carbocycles. The fourth-order valence-electron chi connectivity index (χ4n) is 3.37. The normalized spacial score (nSPS) is 11.2. The van der Waals surface area contributed by atoms with E-state index in [2.05, 4.69) is 16.0 Å². The average molecular weight is 498 g/mol. The summed E-state index contributed by atoms with van der Waals surface area (Å²) in [6, 6.07) is 31.4. The van der Waals surface area contributed by atoms with Gasteiger partial charge in [-0.25, -0.2) is 9.59 Å². The van der Waals surface area contributed by atoms with Gasteiger partial charge in [0.25, 0.3) is 0 Å². The molecule has 4 aromatic carbocycles. The summed E-state index contributed by atoms with van der Waals surface area (Å²) in [5, 5.41) is 17.0. The van der Waals surface area contributed by atoms with Crippen LogP contribution in [0.4, 0.5) is 21.9 Å². The molecule has 7 nitrogen and oxygen atoms in total. The Morgan fingerprint density at radius 2 is 1.11 bits per heavy atom. The molecule has 0 heterocycles. The van der Waals surface area contributed by atoms with E-state index in [1.807, 2.05) is 60.7 Å². The van der Waals surface area contributed by atoms with Crippen LogP contribution in [-0.2, 0) is 4.79 Å². The number of carbonyl (C=O) groups excluding carboxylic acids is 2. The highest BCUT2D eigenvalue weighted by atomic mass is 32.2. The fraction of sp³-hybridized carbons (Fsp3) is 0.0357. The highest BCUT2D eigenvalue weighted by molar-refractivity contribution is 8.00. The Hall–Kier alpha value is -4.56. The van der Waals surface area contributed by atoms with Gasteiger partial charge in [-0.05, 0) is 66.2 Å². The highest BCUT2D eigenvalue weighted by Crippen LogP contribution is 2.36. The molecule has 0 aliphatic rings. The van der Waals surface area contributed by atoms with E-state index in [4.69, 9.17) is 5.11 Å². The highest BCUT2D eigenvalue weighted by Gasteiger charge is 2.22. The van der Waals surface area contributed by atoms with Gasteiger partial charge in [-0.1, -0.05) is 48.5 Å². The van der Waals surface area contributed by atoms with E-state index in [9.17, 15) is 14.4 Å². The minimum Gasteiger partial charge on any atom is -0.478 e. The summed E-state index contributed by atoms with van der Waals surface area (Å²) in [5.74, 6) is -1.26. The monoisotopic (exact) mass is 497 g/mol. The second-order valence-corrected chi connectivity index (χ2v) is 8.93. The van der Waals surface area contributed by atoms with Crippen LogP contribution in [0.25, 0.3) is 0 Å². The number of aromatic carboxylic acids is 1. The zero-order valence-corrected chi connectivity index (χ0v) is 19.9. The zero-order chi connectivity index (χ0) is 25.3. The quantitative estimate of drug-likeness (QED) is 0.208. The summed E-state index contributed by atoms with van der Waals surface area (Å²) < 4.78 is 0. The molecular formula is C28H23N3O4S. The number of carboxylic acids is 1. The number of anilines is 3. The number of hydrogen-bond acceptors (Lipinski definition) is 4. The van der Waals surface area contributed by atoms with Crippen molar-refractivity contribution in [3.05, 3.63) is 120 Å². The summed E-state index contributed by atoms with van der Waals surface area (Å²) in [7, 11) is 0. The van der Waals surface area contributed by atoms with Crippen molar-refractivity contribution in [2.24, 2.45) is 0 Å². The largest absolute Gasteiger partial charge is 0.478 e. The molecule has 4 aromatic rings. The van der Waals surface area contributed by atoms with Crippen molar-refractivity contribution in [1.29, 1.82) is 0 Å². The Balaban J connectivity index is 1.44. The van der Waals surface area contributed by atoms with Gasteiger partial charge in [-0.3, -0.25) is 4.79 Å². The number of rotatable bonds is 8. The lowest BCUT2D eigenvalue weighted by atomic mass is 10.1. The first-order chi connectivity index (χ1) is 17.5. The third kappa shape index (κ3) is 6.74. The van der Waals surface area contributed by atoms with E-state index < -0.39 is 11.2 Å². The Bertz CT molecular complexity index is 1330. The minimum absolute atomic E-state index is 0.146. The van der Waals surface area contributed by atoms with Crippen LogP contribution in [0.1, 0.15) is 21.2 Å². The summed E-state index contributed by atoms with van der Waals surface area (Å²) in [6.07, 6.45) is 0. The van der Waals surface area contributed by atoms with E-state index in [0.29, 0.717) is 17.1 Å². The van der Waals surface area contributed by atoms with E-state index in [1.54, 1.807) is 36.4 Å². The molecule has 4 N–H and O–H groups in total. The summed E-state index contributed by atoms with van der Waals surface area (Å²) in [6.45, 7) is 0. The number of amides is 3. The Morgan fingerprint density at radius 3 is 1.69 bits per heavy atom. The molecule has 1 atom stereocenters. The summed E-state index contributed by atoms with van der Waals surface area (Å²) in [4.78, 5) is 37.4. The first-order valence-corrected chi connectivity index (χ1v) is 11.9. The second-order valence-electron chi connectivity index (χ2n) is 7.75. The van der Waals surface area contributed by atoms with Gasteiger partial charge in [0.2, 0.25) is 5.91 Å². The van der Waals surface area contributed by atoms with Crippen molar-refractivity contribution in [3.8, 4) is 0 Å². The number of benzene rings is 4. The van der Waals surface area contributed by atoms with Crippen molar-refractivity contribution in [3.63, 3.8) is 0 Å². The molecular weight excluding hydrogens is 474 g/mol. The molecule has 0 saturated heterocycles. The second kappa shape index (κ2) is 11.7. The first kappa shape index (κ1) is 24.6. The van der Waals surface area contributed by atoms with Crippen molar-refractivity contribution in [2.45, 2.75) is 10.1 Å². The third-order valence-corrected chi connectivity index (χ3v) is 6.40. The number of urea groups is 1. The summed E-state index contributed by atoms with van der Waals surface area (Å²) >= 11 is 1.37. The smallest absolute Gasteiger partial charge is 0.335 e. The van der Waals surface area contributed by atoms with Crippen molar-refractivity contribution < 1.29 is 19.5 Å². The van der Waals surface area contributed by atoms with Crippen LogP contribution in [0, 0.1) is 0 Å². The predicted molar refractivity (Wildman–Crippen MR) is 143 cm³/mol. The number of carboxylic acid groups (broad SMARTS) is 1. The Kier molecular flexibility index (Phi) is 8.00. The fourth-order valence-corrected chi connectivity index (χ4v) is 4.40. The van der Waals surface area contributed by atoms with Gasteiger partial charge < -0.3 is 21.1 Å². The van der Waals surface area contributed by atoms with Gasteiger partial charge in [0.1, 0.15) is 5.25 Å². The van der Waals surface area contributed by atoms with Gasteiger partial charge in [-0.2, -0.15) is 0 Å². The number of hydrogen-bond donors (Lipinski definition) is 4. The van der Waals surface area contributed by atoms with E-state index in [0.717, 1.165) is 10.5 Å². The van der Waals surface area contributed by atoms with Crippen molar-refractivity contribution in [1.82, 2.24) is 0 Å². The first-order valence-electron chi connectivity index (χ1n) is 11.1. The maximum atomic E-state index is 13.2. The zero-order valence-electron chi connectivity index (χ0n) is 19.0. The predicted octanol–water partition coefficient (Wildman–Crippen LogP) is 6.50. The lowest BCUT2D eigenvalue weighted by Gasteiger charge is -2.17. The molecule has 36 heavy (non-hydrogen) atoms. The topological polar surface area (TPSA) is 108 Å². The molecule has 0 aliphatic heterocycles. The van der Waals surface area contributed by atoms with Crippen molar-refractivity contribution >= 4 is 46.7 Å². The number of thioether (sulfide) groups is 1. The molecule has 0 aromatic heterocycles. The summed E-state index contributed by atoms with van der Waals surface area (Å²) in [5.41, 5.74) is 2.79. The van der Waals surface area contributed by atoms with Crippen molar-refractivity contribution in [2.75, 3.05) is 16.0 Å². The molecule has 0 radical (unpaired) electrons. The van der Waals surface area contributed by atoms with Gasteiger partial charge >= 0.3 is 12.0 Å². The average Bonchev–Trinajstić information content (AvgIpc) is 2.89. The number of nitrogens with one attached hydrogen (secondary N) is 3. The van der Waals surface area contributed by atoms with Gasteiger partial charge in [0.15, 0.2) is 0 Å². The van der Waals surface area contributed by atoms with Crippen LogP contribution >= 0.6 is 11.8 Å². The molecule has 0 bridgehead atoms. The van der Waals surface area contributed by atoms with E-state index in [1.165, 1.54) is 23.9 Å². The molecule has 8 heteroatoms. The molecule has 3 amide bonds. The molecule has 4 rings (SSSR count). The Morgan fingerprint density at radius 1 is 0.611 bits per heavy atom. The SMILES string of the molecule is O=C(Nc1ccccc1)Nc1ccc(SC(C(=O)Nc2ccc(C(=O)O)cc2)c2ccccc2)cc1. The maximum absolute atomic E-state index is 13.2. The van der Waals surface area contributed by atoms with Gasteiger partial charge in [0.05, 0.1) is 5.56 Å². The molecule has 0 spiro atoms. The van der Waals surface area contributed by atoms with Gasteiger partial charge in [0, 0.05) is 22.0 Å². The Labute approximate surface area is 212 Å². The minimum atomic E-state index is -1.03. The molecule has 0 saturated carbocycles. The number of para-hydroxylation sites is 1. The van der Waals surface area contributed by atoms with Crippen LogP contribution in [0.15, 0.2) is 114 Å². The molecule has 0 fully saturated rings. The van der Waals surface area contributed by atoms with Crippen LogP contribution in [-0.4, -0.2) is 23.0 Å². The number of carbonyl (C=O) groups is 3. The third-order valence-electron chi connectivity index (χ3n) is 5.14. The van der Waals surface area contributed by atoms with Gasteiger partial charge in [-0.15, -0.1) is 11.8 Å². The lowest BCUT2D eigenvalue weighted by Crippen LogP contribution is -2.19. The van der Waals surface area contributed by atoms with Crippen LogP contribution in [0.3, 0.4) is 0 Å². The van der Waals surface area contributed by atoms with E-state index in [-0.39, 0.29) is 17.5 Å². The van der Waals surface area contributed by atoms with Crippen LogP contribution < -0.4 is 16.0 Å². The van der Waals surface area contributed by atoms with Crippen LogP contribution in [0.5, 0.6) is 0 Å². The maximum Gasteiger partial charge on any atom is 0.335 e. The van der Waals surface area contributed by atoms with Crippen LogP contribution in [0.2, 0.25) is 0 Å². The molecule has 1 unspecified atom stereocenters. The lowest BCUT2D eigenvalue weighted by molar-refractivity contribution is -0.115. The van der Waals surface area contributed by atoms with E-state index >= 15 is 0 Å². The standard InChI is InChI=1S/C28H23N3O4S/c32-26(29-22-13-11-20(12-14-22)27(33)34)25(19-7-3-1-4-8-19)36-24-17-15-23(16-18-24)31-28(35)30-21-9-5-2-6-10-21/h1-18,25H,(H,29,32)(H,33,34)(H2,30,31,35).